The molecule has 10 heteroatoms. The first-order valence-electron chi connectivity index (χ1n) is 5.06. The Morgan fingerprint density at radius 1 is 0.944 bits per heavy atom. The van der Waals surface area contributed by atoms with Crippen molar-refractivity contribution in [3.05, 3.63) is 0 Å². The highest BCUT2D eigenvalue weighted by Gasteiger charge is 2.16. The molecular formula is C8H21N7O3. The van der Waals surface area contributed by atoms with Crippen LogP contribution in [-0.2, 0) is 4.79 Å². The Labute approximate surface area is 104 Å². The number of rotatable bonds is 7. The van der Waals surface area contributed by atoms with Crippen LogP contribution in [0.25, 0.3) is 0 Å². The van der Waals surface area contributed by atoms with E-state index in [-0.39, 0.29) is 24.5 Å². The van der Waals surface area contributed by atoms with Crippen LogP contribution >= 0.6 is 0 Å². The Morgan fingerprint density at radius 3 is 1.50 bits per heavy atom. The van der Waals surface area contributed by atoms with Gasteiger partial charge in [0.1, 0.15) is 11.7 Å². The summed E-state index contributed by atoms with van der Waals surface area (Å²) in [5.74, 6) is 7.14. The molecule has 0 aliphatic heterocycles. The van der Waals surface area contributed by atoms with Crippen LogP contribution in [0.1, 0.15) is 25.7 Å². The second kappa shape index (κ2) is 11.4. The topological polar surface area (TPSA) is 212 Å². The number of nitrogens with two attached hydrogens (primary N) is 5. The molecule has 0 atom stereocenters. The van der Waals surface area contributed by atoms with Gasteiger partial charge >= 0.3 is 0 Å². The SMILES string of the molecule is NC(=O)C(CCC(N)=NO)CCC(N)=NO.NN. The minimum Gasteiger partial charge on any atom is -0.409 e. The van der Waals surface area contributed by atoms with Crippen LogP contribution < -0.4 is 28.9 Å². The molecule has 0 radical (unpaired) electrons. The van der Waals surface area contributed by atoms with Crippen LogP contribution in [0.15, 0.2) is 10.3 Å². The largest absolute Gasteiger partial charge is 0.409 e. The summed E-state index contributed by atoms with van der Waals surface area (Å²) >= 11 is 0. The van der Waals surface area contributed by atoms with Crippen molar-refractivity contribution < 1.29 is 15.2 Å². The van der Waals surface area contributed by atoms with E-state index in [0.29, 0.717) is 12.8 Å². The van der Waals surface area contributed by atoms with Crippen LogP contribution in [0.4, 0.5) is 0 Å². The number of amidine groups is 2. The first-order chi connectivity index (χ1) is 8.51. The molecule has 12 N–H and O–H groups in total. The van der Waals surface area contributed by atoms with Crippen molar-refractivity contribution in [2.75, 3.05) is 0 Å². The van der Waals surface area contributed by atoms with E-state index in [0.717, 1.165) is 0 Å². The molecule has 0 aliphatic rings. The first kappa shape index (κ1) is 18.3. The van der Waals surface area contributed by atoms with Crippen molar-refractivity contribution in [3.63, 3.8) is 0 Å². The number of oxime groups is 2. The Hall–Kier alpha value is -2.07. The van der Waals surface area contributed by atoms with Crippen LogP contribution in [0.2, 0.25) is 0 Å². The van der Waals surface area contributed by atoms with Gasteiger partial charge in [-0.05, 0) is 12.8 Å². The quantitative estimate of drug-likeness (QED) is 0.0896. The highest BCUT2D eigenvalue weighted by Crippen LogP contribution is 2.13. The molecule has 106 valence electrons. The van der Waals surface area contributed by atoms with E-state index < -0.39 is 11.8 Å². The van der Waals surface area contributed by atoms with E-state index in [4.69, 9.17) is 27.6 Å². The lowest BCUT2D eigenvalue weighted by Gasteiger charge is -2.11. The lowest BCUT2D eigenvalue weighted by atomic mass is 9.96. The predicted octanol–water partition coefficient (Wildman–Crippen LogP) is -2.04. The summed E-state index contributed by atoms with van der Waals surface area (Å²) in [7, 11) is 0. The van der Waals surface area contributed by atoms with Gasteiger partial charge in [-0.1, -0.05) is 10.3 Å². The van der Waals surface area contributed by atoms with Crippen molar-refractivity contribution in [2.24, 2.45) is 45.1 Å². The zero-order valence-electron chi connectivity index (χ0n) is 9.99. The van der Waals surface area contributed by atoms with Crippen LogP contribution in [0.5, 0.6) is 0 Å². The number of carbonyl (C=O) groups is 1. The fourth-order valence-corrected chi connectivity index (χ4v) is 1.17. The van der Waals surface area contributed by atoms with Gasteiger partial charge in [-0.3, -0.25) is 16.5 Å². The van der Waals surface area contributed by atoms with E-state index in [1.54, 1.807) is 0 Å². The number of nitrogens with zero attached hydrogens (tertiary/aromatic N) is 2. The number of primary amides is 1. The van der Waals surface area contributed by atoms with Crippen molar-refractivity contribution in [1.29, 1.82) is 0 Å². The summed E-state index contributed by atoms with van der Waals surface area (Å²) in [5, 5.41) is 22.2. The lowest BCUT2D eigenvalue weighted by molar-refractivity contribution is -0.122. The summed E-state index contributed by atoms with van der Waals surface area (Å²) in [6.45, 7) is 0. The third-order valence-electron chi connectivity index (χ3n) is 2.16. The molecule has 0 heterocycles. The van der Waals surface area contributed by atoms with E-state index in [9.17, 15) is 4.79 Å². The molecule has 0 aliphatic carbocycles. The van der Waals surface area contributed by atoms with E-state index in [2.05, 4.69) is 22.0 Å². The summed E-state index contributed by atoms with van der Waals surface area (Å²) in [5.41, 5.74) is 15.7. The highest BCUT2D eigenvalue weighted by atomic mass is 16.4. The molecular weight excluding hydrogens is 242 g/mol. The van der Waals surface area contributed by atoms with Gasteiger partial charge in [0.25, 0.3) is 0 Å². The van der Waals surface area contributed by atoms with Crippen LogP contribution in [0, 0.1) is 5.92 Å². The molecule has 0 saturated carbocycles. The smallest absolute Gasteiger partial charge is 0.220 e. The first-order valence-corrected chi connectivity index (χ1v) is 5.06. The normalized spacial score (nSPS) is 13.4. The van der Waals surface area contributed by atoms with Gasteiger partial charge in [0.2, 0.25) is 5.91 Å². The van der Waals surface area contributed by atoms with Crippen molar-refractivity contribution >= 4 is 17.6 Å². The molecule has 0 aromatic rings. The third kappa shape index (κ3) is 9.18. The molecule has 0 saturated heterocycles. The monoisotopic (exact) mass is 263 g/mol. The van der Waals surface area contributed by atoms with Gasteiger partial charge in [0.05, 0.1) is 0 Å². The average Bonchev–Trinajstić information content (AvgIpc) is 2.39. The molecule has 10 nitrogen and oxygen atoms in total. The molecule has 0 unspecified atom stereocenters. The molecule has 1 amide bonds. The van der Waals surface area contributed by atoms with E-state index in [1.807, 2.05) is 0 Å². The minimum absolute atomic E-state index is 0.0371. The van der Waals surface area contributed by atoms with Crippen LogP contribution in [0.3, 0.4) is 0 Å². The van der Waals surface area contributed by atoms with Gasteiger partial charge < -0.3 is 27.6 Å². The fourth-order valence-electron chi connectivity index (χ4n) is 1.17. The van der Waals surface area contributed by atoms with Crippen molar-refractivity contribution in [2.45, 2.75) is 25.7 Å². The number of hydrogen-bond donors (Lipinski definition) is 7. The molecule has 18 heavy (non-hydrogen) atoms. The summed E-state index contributed by atoms with van der Waals surface area (Å²) in [6.07, 6.45) is 1.26. The van der Waals surface area contributed by atoms with Gasteiger partial charge in [-0.25, -0.2) is 0 Å². The van der Waals surface area contributed by atoms with Gasteiger partial charge in [0, 0.05) is 18.8 Å². The molecule has 0 spiro atoms. The molecule has 0 fully saturated rings. The summed E-state index contributed by atoms with van der Waals surface area (Å²) in [4.78, 5) is 11.0. The van der Waals surface area contributed by atoms with Crippen molar-refractivity contribution in [1.82, 2.24) is 0 Å². The second-order valence-corrected chi connectivity index (χ2v) is 3.36. The number of carbonyl (C=O) groups excluding carboxylic acids is 1. The van der Waals surface area contributed by atoms with Crippen molar-refractivity contribution in [3.8, 4) is 0 Å². The molecule has 0 bridgehead atoms. The summed E-state index contributed by atoms with van der Waals surface area (Å²) < 4.78 is 0. The molecule has 0 aromatic carbocycles. The third-order valence-corrected chi connectivity index (χ3v) is 2.16. The van der Waals surface area contributed by atoms with Gasteiger partial charge in [0.15, 0.2) is 0 Å². The standard InChI is InChI=1S/C8H17N5O3.H4N2/c9-6(12-15)3-1-5(8(11)14)2-4-7(10)13-16;1-2/h5,15-16H,1-4H2,(H2,9,12)(H2,10,13)(H2,11,14);1-2H2. The second-order valence-electron chi connectivity index (χ2n) is 3.36. The Morgan fingerprint density at radius 2 is 1.28 bits per heavy atom. The average molecular weight is 263 g/mol. The Balaban J connectivity index is 0. The summed E-state index contributed by atoms with van der Waals surface area (Å²) in [6, 6.07) is 0. The number of hydrogen-bond acceptors (Lipinski definition) is 7. The highest BCUT2D eigenvalue weighted by molar-refractivity contribution is 5.83. The van der Waals surface area contributed by atoms with E-state index in [1.165, 1.54) is 0 Å². The zero-order chi connectivity index (χ0) is 14.6. The minimum atomic E-state index is -0.489. The lowest BCUT2D eigenvalue weighted by Crippen LogP contribution is -2.26. The molecule has 0 aromatic heterocycles. The van der Waals surface area contributed by atoms with Gasteiger partial charge in [-0.2, -0.15) is 0 Å². The maximum absolute atomic E-state index is 11.0. The van der Waals surface area contributed by atoms with E-state index >= 15 is 0 Å². The maximum Gasteiger partial charge on any atom is 0.220 e. The number of hydrazine groups is 1. The maximum atomic E-state index is 11.0. The molecule has 0 rings (SSSR count). The Bertz CT molecular complexity index is 270. The van der Waals surface area contributed by atoms with Gasteiger partial charge in [-0.15, -0.1) is 0 Å². The Kier molecular flexibility index (Phi) is 11.6. The predicted molar refractivity (Wildman–Crippen MR) is 66.3 cm³/mol. The fraction of sp³-hybridized carbons (Fsp3) is 0.625. The zero-order valence-corrected chi connectivity index (χ0v) is 9.99. The number of amides is 1. The van der Waals surface area contributed by atoms with Crippen LogP contribution in [-0.4, -0.2) is 28.0 Å².